The summed E-state index contributed by atoms with van der Waals surface area (Å²) in [5, 5.41) is 4.19. The molecule has 1 heterocycles. The van der Waals surface area contributed by atoms with Crippen molar-refractivity contribution in [2.45, 2.75) is 49.3 Å². The van der Waals surface area contributed by atoms with Crippen LogP contribution >= 0.6 is 11.8 Å². The van der Waals surface area contributed by atoms with E-state index in [1.807, 2.05) is 6.92 Å². The highest BCUT2D eigenvalue weighted by atomic mass is 32.2. The molecule has 0 radical (unpaired) electrons. The van der Waals surface area contributed by atoms with E-state index in [1.165, 1.54) is 41.8 Å². The van der Waals surface area contributed by atoms with Crippen LogP contribution in [0.25, 0.3) is 0 Å². The van der Waals surface area contributed by atoms with Gasteiger partial charge in [0, 0.05) is 29.2 Å². The molecule has 110 valence electrons. The minimum absolute atomic E-state index is 0.102. The van der Waals surface area contributed by atoms with Gasteiger partial charge in [0.15, 0.2) is 5.16 Å². The summed E-state index contributed by atoms with van der Waals surface area (Å²) < 4.78 is 0. The summed E-state index contributed by atoms with van der Waals surface area (Å²) in [7, 11) is 0. The number of nitrogens with one attached hydrogen (secondary N) is 2. The van der Waals surface area contributed by atoms with Gasteiger partial charge in [-0.15, -0.1) is 0 Å². The van der Waals surface area contributed by atoms with Crippen LogP contribution in [-0.4, -0.2) is 16.0 Å². The van der Waals surface area contributed by atoms with Crippen LogP contribution in [0.3, 0.4) is 0 Å². The average molecular weight is 301 g/mol. The van der Waals surface area contributed by atoms with Crippen molar-refractivity contribution in [2.75, 3.05) is 0 Å². The Morgan fingerprint density at radius 2 is 2.14 bits per heavy atom. The molecule has 3 rings (SSSR count). The van der Waals surface area contributed by atoms with Gasteiger partial charge in [0.05, 0.1) is 0 Å². The van der Waals surface area contributed by atoms with E-state index in [1.54, 1.807) is 0 Å². The van der Waals surface area contributed by atoms with Crippen molar-refractivity contribution < 1.29 is 0 Å². The summed E-state index contributed by atoms with van der Waals surface area (Å²) in [6.07, 6.45) is 2.56. The van der Waals surface area contributed by atoms with Crippen LogP contribution in [0.5, 0.6) is 0 Å². The van der Waals surface area contributed by atoms with Gasteiger partial charge in [0.1, 0.15) is 0 Å². The van der Waals surface area contributed by atoms with Gasteiger partial charge in [-0.1, -0.05) is 29.5 Å². The molecule has 0 unspecified atom stereocenters. The lowest BCUT2D eigenvalue weighted by Crippen LogP contribution is -2.16. The number of benzene rings is 1. The molecule has 1 aliphatic rings. The maximum atomic E-state index is 11.5. The molecule has 1 aliphatic carbocycles. The predicted molar refractivity (Wildman–Crippen MR) is 84.8 cm³/mol. The van der Waals surface area contributed by atoms with Crippen molar-refractivity contribution in [1.82, 2.24) is 15.3 Å². The molecule has 5 heteroatoms. The van der Waals surface area contributed by atoms with Crippen molar-refractivity contribution in [3.8, 4) is 0 Å². The standard InChI is InChI=1S/C16H19N3OS/c1-10-3-6-14(12(7-10)9-17-13-4-5-13)21-16-18-11(2)8-15(20)19-16/h3,6-8,13,17H,4-5,9H2,1-2H3,(H,18,19,20). The summed E-state index contributed by atoms with van der Waals surface area (Å²) >= 11 is 1.52. The van der Waals surface area contributed by atoms with Crippen LogP contribution in [0.4, 0.5) is 0 Å². The zero-order valence-electron chi connectivity index (χ0n) is 12.3. The Kier molecular flexibility index (Phi) is 4.12. The number of hydrogen-bond donors (Lipinski definition) is 2. The quantitative estimate of drug-likeness (QED) is 0.834. The van der Waals surface area contributed by atoms with E-state index in [-0.39, 0.29) is 5.56 Å². The first-order valence-electron chi connectivity index (χ1n) is 7.19. The maximum absolute atomic E-state index is 11.5. The first-order valence-corrected chi connectivity index (χ1v) is 8.00. The number of rotatable bonds is 5. The largest absolute Gasteiger partial charge is 0.310 e. The SMILES string of the molecule is Cc1ccc(Sc2nc(C)cc(=O)[nH]2)c(CNC2CC2)c1. The van der Waals surface area contributed by atoms with E-state index in [9.17, 15) is 4.79 Å². The number of hydrogen-bond acceptors (Lipinski definition) is 4. The predicted octanol–water partition coefficient (Wildman–Crippen LogP) is 2.79. The van der Waals surface area contributed by atoms with Crippen molar-refractivity contribution in [1.29, 1.82) is 0 Å². The first kappa shape index (κ1) is 14.4. The number of aromatic amines is 1. The highest BCUT2D eigenvalue weighted by molar-refractivity contribution is 7.99. The summed E-state index contributed by atoms with van der Waals surface area (Å²) in [5.74, 6) is 0. The van der Waals surface area contributed by atoms with Gasteiger partial charge in [0.2, 0.25) is 0 Å². The molecule has 21 heavy (non-hydrogen) atoms. The Bertz CT molecular complexity index is 707. The van der Waals surface area contributed by atoms with Gasteiger partial charge in [-0.2, -0.15) is 0 Å². The monoisotopic (exact) mass is 301 g/mol. The molecule has 0 spiro atoms. The summed E-state index contributed by atoms with van der Waals surface area (Å²) in [6, 6.07) is 8.59. The van der Waals surface area contributed by atoms with E-state index in [0.29, 0.717) is 11.2 Å². The normalized spacial score (nSPS) is 14.4. The molecular weight excluding hydrogens is 282 g/mol. The highest BCUT2D eigenvalue weighted by Crippen LogP contribution is 2.29. The van der Waals surface area contributed by atoms with E-state index in [2.05, 4.69) is 40.4 Å². The molecule has 0 saturated heterocycles. The lowest BCUT2D eigenvalue weighted by atomic mass is 10.1. The van der Waals surface area contributed by atoms with Gasteiger partial charge >= 0.3 is 0 Å². The van der Waals surface area contributed by atoms with Crippen molar-refractivity contribution in [3.05, 3.63) is 51.4 Å². The first-order chi connectivity index (χ1) is 10.1. The van der Waals surface area contributed by atoms with Gasteiger partial charge in [-0.05, 0) is 38.3 Å². The molecule has 1 aromatic heterocycles. The fourth-order valence-electron chi connectivity index (χ4n) is 2.19. The minimum atomic E-state index is -0.102. The third kappa shape index (κ3) is 3.95. The third-order valence-corrected chi connectivity index (χ3v) is 4.43. The van der Waals surface area contributed by atoms with Gasteiger partial charge in [-0.3, -0.25) is 4.79 Å². The Balaban J connectivity index is 1.84. The topological polar surface area (TPSA) is 57.8 Å². The van der Waals surface area contributed by atoms with E-state index in [4.69, 9.17) is 0 Å². The number of aryl methyl sites for hydroxylation is 2. The molecule has 0 aliphatic heterocycles. The van der Waals surface area contributed by atoms with Crippen molar-refractivity contribution >= 4 is 11.8 Å². The Labute approximate surface area is 128 Å². The second-order valence-corrected chi connectivity index (χ2v) is 6.59. The summed E-state index contributed by atoms with van der Waals surface area (Å²) in [5.41, 5.74) is 3.15. The Morgan fingerprint density at radius 3 is 2.86 bits per heavy atom. The lowest BCUT2D eigenvalue weighted by molar-refractivity contribution is 0.680. The van der Waals surface area contributed by atoms with Gasteiger partial charge in [0.25, 0.3) is 5.56 Å². The Morgan fingerprint density at radius 1 is 1.33 bits per heavy atom. The minimum Gasteiger partial charge on any atom is -0.310 e. The van der Waals surface area contributed by atoms with Gasteiger partial charge < -0.3 is 10.3 Å². The fraction of sp³-hybridized carbons (Fsp3) is 0.375. The molecule has 1 fully saturated rings. The molecular formula is C16H19N3OS. The number of nitrogens with zero attached hydrogens (tertiary/aromatic N) is 1. The smallest absolute Gasteiger partial charge is 0.251 e. The molecule has 0 amide bonds. The fourth-order valence-corrected chi connectivity index (χ4v) is 3.14. The second-order valence-electron chi connectivity index (χ2n) is 5.56. The van der Waals surface area contributed by atoms with Crippen LogP contribution in [0, 0.1) is 13.8 Å². The van der Waals surface area contributed by atoms with Crippen molar-refractivity contribution in [3.63, 3.8) is 0 Å². The third-order valence-electron chi connectivity index (χ3n) is 3.43. The van der Waals surface area contributed by atoms with Gasteiger partial charge in [-0.25, -0.2) is 4.98 Å². The maximum Gasteiger partial charge on any atom is 0.251 e. The molecule has 1 aromatic carbocycles. The van der Waals surface area contributed by atoms with Crippen LogP contribution in [-0.2, 0) is 6.54 Å². The van der Waals surface area contributed by atoms with Crippen LogP contribution in [0.1, 0.15) is 29.7 Å². The highest BCUT2D eigenvalue weighted by Gasteiger charge is 2.20. The molecule has 4 nitrogen and oxygen atoms in total. The van der Waals surface area contributed by atoms with E-state index < -0.39 is 0 Å². The average Bonchev–Trinajstić information content (AvgIpc) is 3.22. The number of aromatic nitrogens is 2. The summed E-state index contributed by atoms with van der Waals surface area (Å²) in [6.45, 7) is 4.80. The molecule has 1 saturated carbocycles. The zero-order valence-corrected chi connectivity index (χ0v) is 13.1. The van der Waals surface area contributed by atoms with Crippen molar-refractivity contribution in [2.24, 2.45) is 0 Å². The zero-order chi connectivity index (χ0) is 14.8. The molecule has 2 aromatic rings. The second kappa shape index (κ2) is 6.03. The van der Waals surface area contributed by atoms with E-state index in [0.717, 1.165) is 17.1 Å². The van der Waals surface area contributed by atoms with Crippen LogP contribution in [0.2, 0.25) is 0 Å². The number of H-pyrrole nitrogens is 1. The molecule has 2 N–H and O–H groups in total. The van der Waals surface area contributed by atoms with E-state index >= 15 is 0 Å². The van der Waals surface area contributed by atoms with Crippen LogP contribution < -0.4 is 10.9 Å². The van der Waals surface area contributed by atoms with Crippen LogP contribution in [0.15, 0.2) is 39.1 Å². The summed E-state index contributed by atoms with van der Waals surface area (Å²) in [4.78, 5) is 19.9. The Hall–Kier alpha value is -1.59. The lowest BCUT2D eigenvalue weighted by Gasteiger charge is -2.11. The molecule has 0 bridgehead atoms. The molecule has 0 atom stereocenters.